The van der Waals surface area contributed by atoms with Gasteiger partial charge in [0, 0.05) is 30.3 Å². The van der Waals surface area contributed by atoms with Crippen molar-refractivity contribution >= 4 is 23.3 Å². The van der Waals surface area contributed by atoms with Crippen LogP contribution in [0.15, 0.2) is 22.6 Å². The fourth-order valence-electron chi connectivity index (χ4n) is 5.00. The quantitative estimate of drug-likeness (QED) is 0.614. The van der Waals surface area contributed by atoms with E-state index >= 15 is 0 Å². The first-order valence-electron chi connectivity index (χ1n) is 11.5. The molecule has 7 heteroatoms. The summed E-state index contributed by atoms with van der Waals surface area (Å²) >= 11 is 6.05. The standard InChI is InChI=1S/C23H34ClN5O/c24-20-8-9-21(25)19(14-20)15-26-16-22-27-28-23(30-22)29-12-10-18(11-13-29)17-6-4-2-1-3-5-7-17/h8-9,14,17-18,26H,1-7,10-13,15-16,25H2. The maximum absolute atomic E-state index is 6.05. The molecule has 2 heterocycles. The van der Waals surface area contributed by atoms with Gasteiger partial charge in [-0.1, -0.05) is 61.6 Å². The van der Waals surface area contributed by atoms with E-state index in [9.17, 15) is 0 Å². The maximum atomic E-state index is 6.05. The highest BCUT2D eigenvalue weighted by Gasteiger charge is 2.28. The Bertz CT molecular complexity index is 795. The number of anilines is 2. The first-order valence-corrected chi connectivity index (χ1v) is 11.9. The molecular formula is C23H34ClN5O. The lowest BCUT2D eigenvalue weighted by atomic mass is 9.77. The number of aromatic nitrogens is 2. The minimum Gasteiger partial charge on any atom is -0.407 e. The van der Waals surface area contributed by atoms with Gasteiger partial charge < -0.3 is 20.4 Å². The van der Waals surface area contributed by atoms with Crippen molar-refractivity contribution in [1.82, 2.24) is 15.5 Å². The molecule has 2 fully saturated rings. The summed E-state index contributed by atoms with van der Waals surface area (Å²) < 4.78 is 5.92. The van der Waals surface area contributed by atoms with Crippen LogP contribution in [-0.2, 0) is 13.1 Å². The summed E-state index contributed by atoms with van der Waals surface area (Å²) in [7, 11) is 0. The predicted octanol–water partition coefficient (Wildman–Crippen LogP) is 5.17. The third kappa shape index (κ3) is 5.67. The van der Waals surface area contributed by atoms with Gasteiger partial charge in [-0.25, -0.2) is 0 Å². The molecule has 0 radical (unpaired) electrons. The van der Waals surface area contributed by atoms with E-state index in [0.717, 1.165) is 36.2 Å². The number of nitrogens with two attached hydrogens (primary N) is 1. The lowest BCUT2D eigenvalue weighted by Gasteiger charge is -2.36. The predicted molar refractivity (Wildman–Crippen MR) is 121 cm³/mol. The SMILES string of the molecule is Nc1ccc(Cl)cc1CNCc1nnc(N2CCC(C3CCCCCCC3)CC2)o1. The van der Waals surface area contributed by atoms with E-state index in [1.807, 2.05) is 12.1 Å². The summed E-state index contributed by atoms with van der Waals surface area (Å²) in [4.78, 5) is 2.25. The Morgan fingerprint density at radius 2 is 1.67 bits per heavy atom. The van der Waals surface area contributed by atoms with Gasteiger partial charge in [-0.2, -0.15) is 0 Å². The summed E-state index contributed by atoms with van der Waals surface area (Å²) in [6.45, 7) is 3.17. The Labute approximate surface area is 184 Å². The van der Waals surface area contributed by atoms with Crippen LogP contribution in [0.2, 0.25) is 5.02 Å². The van der Waals surface area contributed by atoms with Crippen LogP contribution < -0.4 is 16.0 Å². The summed E-state index contributed by atoms with van der Waals surface area (Å²) in [5.41, 5.74) is 7.69. The third-order valence-corrected chi connectivity index (χ3v) is 7.01. The Balaban J connectivity index is 1.24. The molecular weight excluding hydrogens is 398 g/mol. The molecule has 2 aromatic rings. The maximum Gasteiger partial charge on any atom is 0.318 e. The van der Waals surface area contributed by atoms with Crippen molar-refractivity contribution in [2.24, 2.45) is 11.8 Å². The minimum absolute atomic E-state index is 0.511. The van der Waals surface area contributed by atoms with Crippen molar-refractivity contribution in [2.45, 2.75) is 70.9 Å². The first kappa shape index (κ1) is 21.4. The summed E-state index contributed by atoms with van der Waals surface area (Å²) in [6, 6.07) is 6.16. The van der Waals surface area contributed by atoms with E-state index in [1.165, 1.54) is 57.8 Å². The van der Waals surface area contributed by atoms with Crippen LogP contribution in [0.5, 0.6) is 0 Å². The average molecular weight is 432 g/mol. The van der Waals surface area contributed by atoms with Gasteiger partial charge in [-0.15, -0.1) is 5.10 Å². The van der Waals surface area contributed by atoms with Gasteiger partial charge in [0.25, 0.3) is 0 Å². The number of nitrogens with zero attached hydrogens (tertiary/aromatic N) is 3. The summed E-state index contributed by atoms with van der Waals surface area (Å²) in [5, 5.41) is 12.5. The molecule has 0 unspecified atom stereocenters. The molecule has 1 saturated carbocycles. The zero-order valence-corrected chi connectivity index (χ0v) is 18.5. The second kappa shape index (κ2) is 10.5. The zero-order valence-electron chi connectivity index (χ0n) is 17.8. The lowest BCUT2D eigenvalue weighted by molar-refractivity contribution is 0.224. The van der Waals surface area contributed by atoms with Gasteiger partial charge in [0.1, 0.15) is 0 Å². The number of piperidine rings is 1. The number of benzene rings is 1. The summed E-state index contributed by atoms with van der Waals surface area (Å²) in [6.07, 6.45) is 12.5. The number of halogens is 1. The molecule has 1 aliphatic carbocycles. The Kier molecular flexibility index (Phi) is 7.50. The number of hydrogen-bond donors (Lipinski definition) is 2. The number of nitrogens with one attached hydrogen (secondary N) is 1. The van der Waals surface area contributed by atoms with Gasteiger partial charge in [0.2, 0.25) is 5.89 Å². The van der Waals surface area contributed by atoms with E-state index in [4.69, 9.17) is 21.8 Å². The first-order chi connectivity index (χ1) is 14.7. The number of rotatable bonds is 6. The van der Waals surface area contributed by atoms with E-state index in [2.05, 4.69) is 20.4 Å². The van der Waals surface area contributed by atoms with E-state index < -0.39 is 0 Å². The highest BCUT2D eigenvalue weighted by atomic mass is 35.5. The van der Waals surface area contributed by atoms with E-state index in [-0.39, 0.29) is 0 Å². The molecule has 0 spiro atoms. The third-order valence-electron chi connectivity index (χ3n) is 6.78. The topological polar surface area (TPSA) is 80.2 Å². The molecule has 6 nitrogen and oxygen atoms in total. The lowest BCUT2D eigenvalue weighted by Crippen LogP contribution is -2.36. The van der Waals surface area contributed by atoms with Crippen LogP contribution in [0.1, 0.15) is 69.2 Å². The normalized spacial score (nSPS) is 19.6. The summed E-state index contributed by atoms with van der Waals surface area (Å²) in [5.74, 6) is 2.40. The second-order valence-corrected chi connectivity index (χ2v) is 9.29. The Morgan fingerprint density at radius 1 is 0.967 bits per heavy atom. The van der Waals surface area contributed by atoms with Crippen molar-refractivity contribution in [3.05, 3.63) is 34.7 Å². The molecule has 1 aromatic carbocycles. The fourth-order valence-corrected chi connectivity index (χ4v) is 5.19. The molecule has 1 aromatic heterocycles. The molecule has 2 aliphatic rings. The van der Waals surface area contributed by atoms with Crippen LogP contribution in [0.3, 0.4) is 0 Å². The highest BCUT2D eigenvalue weighted by molar-refractivity contribution is 6.30. The van der Waals surface area contributed by atoms with Gasteiger partial charge in [0.15, 0.2) is 0 Å². The molecule has 0 amide bonds. The Hall–Kier alpha value is -1.79. The largest absolute Gasteiger partial charge is 0.407 e. The van der Waals surface area contributed by atoms with E-state index in [1.54, 1.807) is 6.07 Å². The smallest absolute Gasteiger partial charge is 0.318 e. The Morgan fingerprint density at radius 3 is 2.43 bits per heavy atom. The van der Waals surface area contributed by atoms with Crippen LogP contribution in [0, 0.1) is 11.8 Å². The van der Waals surface area contributed by atoms with Crippen LogP contribution >= 0.6 is 11.6 Å². The second-order valence-electron chi connectivity index (χ2n) is 8.85. The van der Waals surface area contributed by atoms with Crippen molar-refractivity contribution in [2.75, 3.05) is 23.7 Å². The van der Waals surface area contributed by atoms with Crippen LogP contribution in [-0.4, -0.2) is 23.3 Å². The van der Waals surface area contributed by atoms with Crippen LogP contribution in [0.4, 0.5) is 11.7 Å². The average Bonchev–Trinajstić information content (AvgIpc) is 3.20. The molecule has 1 saturated heterocycles. The monoisotopic (exact) mass is 431 g/mol. The number of nitrogen functional groups attached to an aromatic ring is 1. The van der Waals surface area contributed by atoms with Gasteiger partial charge in [-0.3, -0.25) is 0 Å². The fraction of sp³-hybridized carbons (Fsp3) is 0.652. The van der Waals surface area contributed by atoms with Gasteiger partial charge in [0.05, 0.1) is 6.54 Å². The van der Waals surface area contributed by atoms with Gasteiger partial charge in [-0.05, 0) is 48.4 Å². The molecule has 3 N–H and O–H groups in total. The molecule has 30 heavy (non-hydrogen) atoms. The van der Waals surface area contributed by atoms with Crippen LogP contribution in [0.25, 0.3) is 0 Å². The minimum atomic E-state index is 0.511. The van der Waals surface area contributed by atoms with Crippen molar-refractivity contribution in [3.63, 3.8) is 0 Å². The zero-order chi connectivity index (χ0) is 20.8. The van der Waals surface area contributed by atoms with Gasteiger partial charge >= 0.3 is 6.01 Å². The van der Waals surface area contributed by atoms with E-state index in [0.29, 0.717) is 30.0 Å². The van der Waals surface area contributed by atoms with Crippen molar-refractivity contribution < 1.29 is 4.42 Å². The molecule has 4 rings (SSSR count). The molecule has 0 atom stereocenters. The molecule has 1 aliphatic heterocycles. The van der Waals surface area contributed by atoms with Crippen molar-refractivity contribution in [1.29, 1.82) is 0 Å². The molecule has 164 valence electrons. The number of hydrogen-bond acceptors (Lipinski definition) is 6. The van der Waals surface area contributed by atoms with Crippen molar-refractivity contribution in [3.8, 4) is 0 Å². The highest BCUT2D eigenvalue weighted by Crippen LogP contribution is 2.35. The molecule has 0 bridgehead atoms.